The van der Waals surface area contributed by atoms with E-state index in [2.05, 4.69) is 31.1 Å². The molecular weight excluding hydrogens is 248 g/mol. The Morgan fingerprint density at radius 2 is 1.90 bits per heavy atom. The van der Waals surface area contributed by atoms with Crippen LogP contribution < -0.4 is 5.32 Å². The molecule has 0 aromatic heterocycles. The minimum Gasteiger partial charge on any atom is -0.374 e. The molecule has 20 heavy (non-hydrogen) atoms. The number of morpholine rings is 1. The molecule has 0 spiro atoms. The van der Waals surface area contributed by atoms with Gasteiger partial charge in [-0.25, -0.2) is 0 Å². The lowest BCUT2D eigenvalue weighted by molar-refractivity contribution is -0.0773. The van der Waals surface area contributed by atoms with E-state index in [0.717, 1.165) is 30.9 Å². The molecular formula is C17H32N2O. The van der Waals surface area contributed by atoms with E-state index >= 15 is 0 Å². The fourth-order valence-electron chi connectivity index (χ4n) is 5.09. The van der Waals surface area contributed by atoms with Crippen LogP contribution in [-0.4, -0.2) is 49.8 Å². The third-order valence-electron chi connectivity index (χ3n) is 5.87. The van der Waals surface area contributed by atoms with Crippen LogP contribution in [0.4, 0.5) is 0 Å². The summed E-state index contributed by atoms with van der Waals surface area (Å²) in [7, 11) is 2.13. The first-order valence-electron chi connectivity index (χ1n) is 8.70. The summed E-state index contributed by atoms with van der Waals surface area (Å²) in [6, 6.07) is 1.26. The molecule has 2 aliphatic heterocycles. The maximum atomic E-state index is 6.26. The van der Waals surface area contributed by atoms with E-state index < -0.39 is 0 Å². The van der Waals surface area contributed by atoms with Crippen molar-refractivity contribution in [2.45, 2.75) is 64.1 Å². The fourth-order valence-corrected chi connectivity index (χ4v) is 5.09. The molecule has 3 nitrogen and oxygen atoms in total. The maximum absolute atomic E-state index is 6.26. The molecule has 0 amide bonds. The van der Waals surface area contributed by atoms with Gasteiger partial charge in [-0.2, -0.15) is 0 Å². The Bertz CT molecular complexity index is 312. The van der Waals surface area contributed by atoms with E-state index in [9.17, 15) is 0 Å². The Kier molecular flexibility index (Phi) is 4.68. The van der Waals surface area contributed by atoms with E-state index in [-0.39, 0.29) is 0 Å². The molecule has 3 fully saturated rings. The lowest BCUT2D eigenvalue weighted by atomic mass is 9.72. The van der Waals surface area contributed by atoms with Gasteiger partial charge in [0, 0.05) is 18.6 Å². The maximum Gasteiger partial charge on any atom is 0.0858 e. The molecule has 116 valence electrons. The van der Waals surface area contributed by atoms with Crippen molar-refractivity contribution in [3.05, 3.63) is 0 Å². The van der Waals surface area contributed by atoms with Crippen molar-refractivity contribution in [3.8, 4) is 0 Å². The lowest BCUT2D eigenvalue weighted by Crippen LogP contribution is -2.56. The highest BCUT2D eigenvalue weighted by molar-refractivity contribution is 4.94. The van der Waals surface area contributed by atoms with Crippen molar-refractivity contribution in [3.63, 3.8) is 0 Å². The fraction of sp³-hybridized carbons (Fsp3) is 1.00. The van der Waals surface area contributed by atoms with Crippen LogP contribution in [-0.2, 0) is 4.74 Å². The number of likely N-dealkylation sites (N-methyl/N-ethyl adjacent to an activating group) is 1. The summed E-state index contributed by atoms with van der Waals surface area (Å²) in [5.41, 5.74) is 0. The van der Waals surface area contributed by atoms with Crippen LogP contribution in [0.1, 0.15) is 46.0 Å². The molecule has 5 atom stereocenters. The van der Waals surface area contributed by atoms with E-state index in [1.807, 2.05) is 0 Å². The lowest BCUT2D eigenvalue weighted by Gasteiger charge is -2.44. The molecule has 2 saturated heterocycles. The van der Waals surface area contributed by atoms with Crippen LogP contribution in [0, 0.1) is 17.8 Å². The third-order valence-corrected chi connectivity index (χ3v) is 5.87. The van der Waals surface area contributed by atoms with Gasteiger partial charge in [0.2, 0.25) is 0 Å². The first-order valence-corrected chi connectivity index (χ1v) is 8.70. The average Bonchev–Trinajstić information content (AvgIpc) is 2.86. The van der Waals surface area contributed by atoms with Crippen molar-refractivity contribution in [1.82, 2.24) is 10.2 Å². The Hall–Kier alpha value is -0.120. The molecule has 3 aliphatic rings. The summed E-state index contributed by atoms with van der Waals surface area (Å²) in [6.45, 7) is 8.25. The standard InChI is InChI=1S/C17H32N2O/c1-12-7-13(2)9-14(8-12)17(18-3)16-10-19-6-4-5-15(19)11-20-16/h12-18H,4-11H2,1-3H3. The number of hydrogen-bond acceptors (Lipinski definition) is 3. The van der Waals surface area contributed by atoms with Crippen molar-refractivity contribution in [2.75, 3.05) is 26.7 Å². The van der Waals surface area contributed by atoms with Gasteiger partial charge in [-0.05, 0) is 63.5 Å². The Balaban J connectivity index is 1.63. The van der Waals surface area contributed by atoms with Crippen LogP contribution in [0.2, 0.25) is 0 Å². The van der Waals surface area contributed by atoms with Crippen molar-refractivity contribution >= 4 is 0 Å². The van der Waals surface area contributed by atoms with Gasteiger partial charge in [0.05, 0.1) is 12.7 Å². The number of nitrogens with one attached hydrogen (secondary N) is 1. The first-order chi connectivity index (χ1) is 9.67. The van der Waals surface area contributed by atoms with Crippen molar-refractivity contribution in [1.29, 1.82) is 0 Å². The minimum absolute atomic E-state index is 0.400. The smallest absolute Gasteiger partial charge is 0.0858 e. The van der Waals surface area contributed by atoms with E-state index in [1.54, 1.807) is 0 Å². The molecule has 2 heterocycles. The van der Waals surface area contributed by atoms with Crippen LogP contribution >= 0.6 is 0 Å². The molecule has 0 aromatic rings. The van der Waals surface area contributed by atoms with Crippen LogP contribution in [0.25, 0.3) is 0 Å². The summed E-state index contributed by atoms with van der Waals surface area (Å²) >= 11 is 0. The van der Waals surface area contributed by atoms with Crippen LogP contribution in [0.15, 0.2) is 0 Å². The van der Waals surface area contributed by atoms with E-state index in [0.29, 0.717) is 18.2 Å². The highest BCUT2D eigenvalue weighted by Crippen LogP contribution is 2.37. The molecule has 1 aliphatic carbocycles. The number of rotatable bonds is 3. The molecule has 0 bridgehead atoms. The normalized spacial score (nSPS) is 44.2. The summed E-state index contributed by atoms with van der Waals surface area (Å²) in [5.74, 6) is 2.55. The number of fused-ring (bicyclic) bond motifs is 1. The number of nitrogens with zero attached hydrogens (tertiary/aromatic N) is 1. The second-order valence-electron chi connectivity index (χ2n) is 7.65. The molecule has 0 aromatic carbocycles. The summed E-state index contributed by atoms with van der Waals surface area (Å²) in [6.07, 6.45) is 7.26. The zero-order valence-electron chi connectivity index (χ0n) is 13.5. The largest absolute Gasteiger partial charge is 0.374 e. The number of ether oxygens (including phenoxy) is 1. The van der Waals surface area contributed by atoms with Gasteiger partial charge in [-0.1, -0.05) is 13.8 Å². The zero-order chi connectivity index (χ0) is 14.1. The highest BCUT2D eigenvalue weighted by atomic mass is 16.5. The van der Waals surface area contributed by atoms with Crippen molar-refractivity contribution in [2.24, 2.45) is 17.8 Å². The molecule has 0 radical (unpaired) electrons. The third kappa shape index (κ3) is 3.05. The Morgan fingerprint density at radius 1 is 1.15 bits per heavy atom. The molecule has 3 rings (SSSR count). The van der Waals surface area contributed by atoms with Gasteiger partial charge in [-0.3, -0.25) is 4.90 Å². The van der Waals surface area contributed by atoms with Gasteiger partial charge in [0.1, 0.15) is 0 Å². The van der Waals surface area contributed by atoms with Gasteiger partial charge >= 0.3 is 0 Å². The second kappa shape index (κ2) is 6.33. The van der Waals surface area contributed by atoms with Gasteiger partial charge in [-0.15, -0.1) is 0 Å². The average molecular weight is 280 g/mol. The topological polar surface area (TPSA) is 24.5 Å². The first kappa shape index (κ1) is 14.8. The quantitative estimate of drug-likeness (QED) is 0.860. The second-order valence-corrected chi connectivity index (χ2v) is 7.65. The minimum atomic E-state index is 0.400. The predicted molar refractivity (Wildman–Crippen MR) is 82.9 cm³/mol. The van der Waals surface area contributed by atoms with Crippen molar-refractivity contribution < 1.29 is 4.74 Å². The van der Waals surface area contributed by atoms with E-state index in [1.165, 1.54) is 38.6 Å². The summed E-state index contributed by atoms with van der Waals surface area (Å²) < 4.78 is 6.26. The monoisotopic (exact) mass is 280 g/mol. The SMILES string of the molecule is CNC(C1CC(C)CC(C)C1)C1CN2CCCC2CO1. The van der Waals surface area contributed by atoms with Gasteiger partial charge < -0.3 is 10.1 Å². The highest BCUT2D eigenvalue weighted by Gasteiger charge is 2.39. The van der Waals surface area contributed by atoms with E-state index in [4.69, 9.17) is 4.74 Å². The molecule has 5 unspecified atom stereocenters. The summed E-state index contributed by atoms with van der Waals surface area (Å²) in [5, 5.41) is 3.61. The van der Waals surface area contributed by atoms with Gasteiger partial charge in [0.25, 0.3) is 0 Å². The predicted octanol–water partition coefficient (Wildman–Crippen LogP) is 2.51. The molecule has 1 saturated carbocycles. The Morgan fingerprint density at radius 3 is 2.60 bits per heavy atom. The molecule has 1 N–H and O–H groups in total. The zero-order valence-corrected chi connectivity index (χ0v) is 13.5. The molecule has 3 heteroatoms. The van der Waals surface area contributed by atoms with Gasteiger partial charge in [0.15, 0.2) is 0 Å². The Labute approximate surface area is 124 Å². The number of hydrogen-bond donors (Lipinski definition) is 1. The summed E-state index contributed by atoms with van der Waals surface area (Å²) in [4.78, 5) is 2.67. The van der Waals surface area contributed by atoms with Crippen LogP contribution in [0.5, 0.6) is 0 Å². The van der Waals surface area contributed by atoms with Crippen LogP contribution in [0.3, 0.4) is 0 Å².